The number of benzene rings is 2. The fraction of sp³-hybridized carbons (Fsp3) is 0.292. The molecule has 4 rings (SSSR count). The van der Waals surface area contributed by atoms with Gasteiger partial charge in [-0.25, -0.2) is 4.98 Å². The van der Waals surface area contributed by atoms with E-state index in [1.807, 2.05) is 47.4 Å². The van der Waals surface area contributed by atoms with Gasteiger partial charge in [0.15, 0.2) is 0 Å². The quantitative estimate of drug-likeness (QED) is 0.617. The SMILES string of the molecule is CCc1ccccc1NC(=O)CN1CCN(C(=O)c2ccc3nc(Cl)ccc3c2)CC1. The number of anilines is 1. The first-order valence-corrected chi connectivity index (χ1v) is 10.9. The predicted molar refractivity (Wildman–Crippen MR) is 124 cm³/mol. The number of aromatic nitrogens is 1. The lowest BCUT2D eigenvalue weighted by atomic mass is 10.1. The minimum Gasteiger partial charge on any atom is -0.336 e. The van der Waals surface area contributed by atoms with Crippen molar-refractivity contribution in [1.29, 1.82) is 0 Å². The molecule has 0 unspecified atom stereocenters. The third-order valence-corrected chi connectivity index (χ3v) is 5.81. The Balaban J connectivity index is 1.32. The van der Waals surface area contributed by atoms with E-state index in [4.69, 9.17) is 11.6 Å². The van der Waals surface area contributed by atoms with Crippen LogP contribution in [0.4, 0.5) is 5.69 Å². The Morgan fingerprint density at radius 2 is 1.81 bits per heavy atom. The summed E-state index contributed by atoms with van der Waals surface area (Å²) in [6, 6.07) is 16.9. The zero-order chi connectivity index (χ0) is 21.8. The van der Waals surface area contributed by atoms with Gasteiger partial charge >= 0.3 is 0 Å². The van der Waals surface area contributed by atoms with Crippen LogP contribution < -0.4 is 5.32 Å². The molecule has 1 aliphatic heterocycles. The predicted octanol–water partition coefficient (Wildman–Crippen LogP) is 3.85. The molecule has 3 aromatic rings. The Kier molecular flexibility index (Phi) is 6.49. The zero-order valence-electron chi connectivity index (χ0n) is 17.5. The number of piperazine rings is 1. The van der Waals surface area contributed by atoms with E-state index in [0.29, 0.717) is 43.4 Å². The number of carbonyl (C=O) groups excluding carboxylic acids is 2. The minimum absolute atomic E-state index is 0.00201. The van der Waals surface area contributed by atoms with Gasteiger partial charge in [0.25, 0.3) is 5.91 Å². The summed E-state index contributed by atoms with van der Waals surface area (Å²) >= 11 is 5.93. The highest BCUT2D eigenvalue weighted by molar-refractivity contribution is 6.29. The number of aryl methyl sites for hydroxylation is 1. The van der Waals surface area contributed by atoms with Crippen molar-refractivity contribution in [3.05, 3.63) is 70.9 Å². The lowest BCUT2D eigenvalue weighted by Gasteiger charge is -2.34. The highest BCUT2D eigenvalue weighted by Crippen LogP contribution is 2.19. The molecule has 1 N–H and O–H groups in total. The third-order valence-electron chi connectivity index (χ3n) is 5.60. The van der Waals surface area contributed by atoms with Gasteiger partial charge in [-0.05, 0) is 48.4 Å². The first-order chi connectivity index (χ1) is 15.0. The molecule has 0 bridgehead atoms. The van der Waals surface area contributed by atoms with Gasteiger partial charge in [-0.2, -0.15) is 0 Å². The van der Waals surface area contributed by atoms with Gasteiger partial charge in [0, 0.05) is 42.8 Å². The van der Waals surface area contributed by atoms with Crippen molar-refractivity contribution in [1.82, 2.24) is 14.8 Å². The summed E-state index contributed by atoms with van der Waals surface area (Å²) in [6.07, 6.45) is 0.870. The van der Waals surface area contributed by atoms with E-state index < -0.39 is 0 Å². The van der Waals surface area contributed by atoms with Crippen LogP contribution in [0.2, 0.25) is 5.15 Å². The summed E-state index contributed by atoms with van der Waals surface area (Å²) in [4.78, 5) is 33.6. The normalized spacial score (nSPS) is 14.6. The molecule has 0 radical (unpaired) electrons. The van der Waals surface area contributed by atoms with Gasteiger partial charge in [-0.15, -0.1) is 0 Å². The van der Waals surface area contributed by atoms with Crippen LogP contribution in [0, 0.1) is 0 Å². The van der Waals surface area contributed by atoms with Gasteiger partial charge in [0.2, 0.25) is 5.91 Å². The molecule has 7 heteroatoms. The van der Waals surface area contributed by atoms with Crippen LogP contribution >= 0.6 is 11.6 Å². The molecule has 0 saturated carbocycles. The molecular weight excluding hydrogens is 412 g/mol. The van der Waals surface area contributed by atoms with E-state index in [0.717, 1.165) is 28.6 Å². The highest BCUT2D eigenvalue weighted by atomic mass is 35.5. The van der Waals surface area contributed by atoms with E-state index in [1.54, 1.807) is 12.1 Å². The number of amides is 2. The van der Waals surface area contributed by atoms with E-state index in [2.05, 4.69) is 22.1 Å². The Morgan fingerprint density at radius 1 is 1.03 bits per heavy atom. The summed E-state index contributed by atoms with van der Waals surface area (Å²) in [7, 11) is 0. The van der Waals surface area contributed by atoms with Crippen LogP contribution in [-0.2, 0) is 11.2 Å². The van der Waals surface area contributed by atoms with Gasteiger partial charge in [-0.3, -0.25) is 14.5 Å². The van der Waals surface area contributed by atoms with Crippen molar-refractivity contribution >= 4 is 40.0 Å². The molecule has 6 nitrogen and oxygen atoms in total. The maximum atomic E-state index is 12.9. The van der Waals surface area contributed by atoms with Gasteiger partial charge in [0.05, 0.1) is 12.1 Å². The topological polar surface area (TPSA) is 65.5 Å². The molecule has 0 aliphatic carbocycles. The summed E-state index contributed by atoms with van der Waals surface area (Å²) in [5.74, 6) is -0.0285. The second kappa shape index (κ2) is 9.45. The number of pyridine rings is 1. The lowest BCUT2D eigenvalue weighted by Crippen LogP contribution is -2.50. The molecule has 2 aromatic carbocycles. The summed E-state index contributed by atoms with van der Waals surface area (Å²) in [5.41, 5.74) is 3.40. The Labute approximate surface area is 186 Å². The van der Waals surface area contributed by atoms with Crippen molar-refractivity contribution in [2.24, 2.45) is 0 Å². The standard InChI is InChI=1S/C24H25ClN4O2/c1-2-17-5-3-4-6-20(17)27-23(30)16-28-11-13-29(14-12-28)24(31)19-7-9-21-18(15-19)8-10-22(25)26-21/h3-10,15H,2,11-14,16H2,1H3,(H,27,30). The molecule has 1 aromatic heterocycles. The van der Waals surface area contributed by atoms with Crippen molar-refractivity contribution < 1.29 is 9.59 Å². The molecule has 1 aliphatic rings. The monoisotopic (exact) mass is 436 g/mol. The summed E-state index contributed by atoms with van der Waals surface area (Å²) in [5, 5.41) is 4.34. The van der Waals surface area contributed by atoms with Crippen molar-refractivity contribution in [3.63, 3.8) is 0 Å². The second-order valence-corrected chi connectivity index (χ2v) is 8.06. The van der Waals surface area contributed by atoms with Crippen LogP contribution in [-0.4, -0.2) is 59.3 Å². The molecule has 0 atom stereocenters. The first-order valence-electron chi connectivity index (χ1n) is 10.5. The van der Waals surface area contributed by atoms with Gasteiger partial charge in [0.1, 0.15) is 5.15 Å². The van der Waals surface area contributed by atoms with Crippen LogP contribution in [0.25, 0.3) is 10.9 Å². The van der Waals surface area contributed by atoms with Crippen molar-refractivity contribution in [2.75, 3.05) is 38.0 Å². The fourth-order valence-electron chi connectivity index (χ4n) is 3.87. The van der Waals surface area contributed by atoms with Crippen molar-refractivity contribution in [3.8, 4) is 0 Å². The van der Waals surface area contributed by atoms with E-state index in [1.165, 1.54) is 0 Å². The summed E-state index contributed by atoms with van der Waals surface area (Å²) < 4.78 is 0. The molecule has 1 fully saturated rings. The first kappa shape index (κ1) is 21.3. The Morgan fingerprint density at radius 3 is 2.58 bits per heavy atom. The smallest absolute Gasteiger partial charge is 0.253 e. The Hall–Kier alpha value is -2.96. The number of carbonyl (C=O) groups is 2. The van der Waals surface area contributed by atoms with Crippen molar-refractivity contribution in [2.45, 2.75) is 13.3 Å². The van der Waals surface area contributed by atoms with E-state index >= 15 is 0 Å². The number of hydrogen-bond acceptors (Lipinski definition) is 4. The molecule has 2 amide bonds. The molecule has 0 spiro atoms. The lowest BCUT2D eigenvalue weighted by molar-refractivity contribution is -0.117. The zero-order valence-corrected chi connectivity index (χ0v) is 18.2. The van der Waals surface area contributed by atoms with Crippen LogP contribution in [0.5, 0.6) is 0 Å². The minimum atomic E-state index is -0.0265. The maximum absolute atomic E-state index is 12.9. The van der Waals surface area contributed by atoms with Crippen LogP contribution in [0.3, 0.4) is 0 Å². The number of para-hydroxylation sites is 1. The number of halogens is 1. The van der Waals surface area contributed by atoms with E-state index in [9.17, 15) is 9.59 Å². The maximum Gasteiger partial charge on any atom is 0.253 e. The number of nitrogens with one attached hydrogen (secondary N) is 1. The molecule has 1 saturated heterocycles. The summed E-state index contributed by atoms with van der Waals surface area (Å²) in [6.45, 7) is 4.91. The average Bonchev–Trinajstić information content (AvgIpc) is 2.79. The van der Waals surface area contributed by atoms with Gasteiger partial charge < -0.3 is 10.2 Å². The average molecular weight is 437 g/mol. The fourth-order valence-corrected chi connectivity index (χ4v) is 4.02. The largest absolute Gasteiger partial charge is 0.336 e. The molecule has 2 heterocycles. The second-order valence-electron chi connectivity index (χ2n) is 7.67. The number of fused-ring (bicyclic) bond motifs is 1. The third kappa shape index (κ3) is 5.03. The number of rotatable bonds is 5. The number of nitrogens with zero attached hydrogens (tertiary/aromatic N) is 3. The molecule has 160 valence electrons. The van der Waals surface area contributed by atoms with Crippen LogP contribution in [0.1, 0.15) is 22.8 Å². The number of hydrogen-bond donors (Lipinski definition) is 1. The molecular formula is C24H25ClN4O2. The van der Waals surface area contributed by atoms with Gasteiger partial charge in [-0.1, -0.05) is 36.7 Å². The van der Waals surface area contributed by atoms with Crippen LogP contribution in [0.15, 0.2) is 54.6 Å². The highest BCUT2D eigenvalue weighted by Gasteiger charge is 2.23. The van der Waals surface area contributed by atoms with E-state index in [-0.39, 0.29) is 11.8 Å². The Bertz CT molecular complexity index is 1110. The molecule has 31 heavy (non-hydrogen) atoms.